The lowest BCUT2D eigenvalue weighted by molar-refractivity contribution is 0.0427. The summed E-state index contributed by atoms with van der Waals surface area (Å²) in [5, 5.41) is 0. The van der Waals surface area contributed by atoms with E-state index in [0.29, 0.717) is 11.3 Å². The summed E-state index contributed by atoms with van der Waals surface area (Å²) in [5.41, 5.74) is -1.49. The van der Waals surface area contributed by atoms with Gasteiger partial charge in [-0.2, -0.15) is 14.7 Å². The summed E-state index contributed by atoms with van der Waals surface area (Å²) >= 11 is 0. The van der Waals surface area contributed by atoms with Crippen molar-refractivity contribution < 1.29 is 41.6 Å². The van der Waals surface area contributed by atoms with Gasteiger partial charge in [0, 0.05) is 12.2 Å². The molecular weight excluding hydrogens is 613 g/mol. The number of carbonyl (C=O) groups excluding carboxylic acids is 2. The van der Waals surface area contributed by atoms with Crippen LogP contribution in [0.5, 0.6) is 5.88 Å². The molecule has 0 aliphatic carbocycles. The van der Waals surface area contributed by atoms with Gasteiger partial charge < -0.3 is 27.5 Å². The number of hydrogen-bond donors (Lipinski definition) is 0. The lowest BCUT2D eigenvalue weighted by Crippen LogP contribution is -2.44. The maximum atomic E-state index is 13.4. The fourth-order valence-electron chi connectivity index (χ4n) is 3.30. The molecule has 0 bridgehead atoms. The second-order valence-electron chi connectivity index (χ2n) is 13.5. The van der Waals surface area contributed by atoms with E-state index in [2.05, 4.69) is 15.0 Å². The van der Waals surface area contributed by atoms with E-state index >= 15 is 0 Å². The smallest absolute Gasteiger partial charge is 0.427 e. The highest BCUT2D eigenvalue weighted by Crippen LogP contribution is 2.54. The number of imide groups is 1. The van der Waals surface area contributed by atoms with Gasteiger partial charge in [0.15, 0.2) is 22.2 Å². The van der Waals surface area contributed by atoms with Crippen LogP contribution in [0.15, 0.2) is 18.2 Å². The molecular formula is C26H46N5O9PSi2. The first-order valence-electron chi connectivity index (χ1n) is 13.8. The third-order valence-corrected chi connectivity index (χ3v) is 11.5. The number of rotatable bonds is 11. The molecule has 0 unspecified atom stereocenters. The van der Waals surface area contributed by atoms with Crippen molar-refractivity contribution in [2.75, 3.05) is 18.6 Å². The first-order valence-corrected chi connectivity index (χ1v) is 22.2. The normalized spacial score (nSPS) is 13.3. The Morgan fingerprint density at radius 3 is 1.88 bits per heavy atom. The summed E-state index contributed by atoms with van der Waals surface area (Å²) in [6.07, 6.45) is 1.32. The van der Waals surface area contributed by atoms with Gasteiger partial charge in [0.1, 0.15) is 24.1 Å². The van der Waals surface area contributed by atoms with Crippen LogP contribution in [0.4, 0.5) is 15.5 Å². The van der Waals surface area contributed by atoms with Crippen molar-refractivity contribution in [3.8, 4) is 5.88 Å². The van der Waals surface area contributed by atoms with Gasteiger partial charge in [0.2, 0.25) is 17.5 Å². The van der Waals surface area contributed by atoms with E-state index in [1.807, 2.05) is 39.3 Å². The standard InChI is InChI=1S/C26H46N5O9PSi2/c1-25(2,3)37-23(32)31(24(33)38-26(4,5)6)22-28-20-19(21(29-22)35-7)27-18-30(20)36-16-14-15-17-41(34,39-42(8,9)10)40-43(11,12)13/h15,17-18H,14,16H2,1-13H3/b17-15-. The number of methoxy groups -OCH3 is 1. The van der Waals surface area contributed by atoms with Crippen LogP contribution < -0.4 is 14.5 Å². The van der Waals surface area contributed by atoms with E-state index in [9.17, 15) is 14.2 Å². The highest BCUT2D eigenvalue weighted by Gasteiger charge is 2.36. The first-order chi connectivity index (χ1) is 19.4. The number of aromatic nitrogens is 4. The van der Waals surface area contributed by atoms with Gasteiger partial charge in [-0.1, -0.05) is 6.08 Å². The topological polar surface area (TPSA) is 153 Å². The third kappa shape index (κ3) is 12.0. The predicted molar refractivity (Wildman–Crippen MR) is 168 cm³/mol. The minimum atomic E-state index is -3.44. The number of amides is 2. The Bertz CT molecular complexity index is 1320. The zero-order chi connectivity index (χ0) is 33.0. The Balaban J connectivity index is 2.38. The van der Waals surface area contributed by atoms with Crippen molar-refractivity contribution in [2.24, 2.45) is 0 Å². The lowest BCUT2D eigenvalue weighted by atomic mass is 10.2. The molecule has 0 radical (unpaired) electrons. The monoisotopic (exact) mass is 659 g/mol. The third-order valence-electron chi connectivity index (χ3n) is 4.47. The number of nitrogens with zero attached hydrogens (tertiary/aromatic N) is 5. The van der Waals surface area contributed by atoms with Crippen molar-refractivity contribution in [3.63, 3.8) is 0 Å². The summed E-state index contributed by atoms with van der Waals surface area (Å²) in [7, 11) is -6.39. The fraction of sp³-hybridized carbons (Fsp3) is 0.654. The van der Waals surface area contributed by atoms with Crippen LogP contribution in [0, 0.1) is 0 Å². The van der Waals surface area contributed by atoms with Crippen LogP contribution in [0.2, 0.25) is 39.3 Å². The largest absolute Gasteiger partial charge is 0.479 e. The zero-order valence-corrected chi connectivity index (χ0v) is 30.4. The molecule has 2 aromatic heterocycles. The molecule has 0 fully saturated rings. The molecule has 2 rings (SSSR count). The lowest BCUT2D eigenvalue weighted by Gasteiger charge is -2.29. The predicted octanol–water partition coefficient (Wildman–Crippen LogP) is 6.74. The van der Waals surface area contributed by atoms with Gasteiger partial charge in [0.25, 0.3) is 0 Å². The molecule has 17 heteroatoms. The van der Waals surface area contributed by atoms with E-state index in [4.69, 9.17) is 27.5 Å². The quantitative estimate of drug-likeness (QED) is 0.143. The Morgan fingerprint density at radius 1 is 0.930 bits per heavy atom. The summed E-state index contributed by atoms with van der Waals surface area (Å²) in [4.78, 5) is 45.6. The minimum Gasteiger partial charge on any atom is -0.479 e. The molecule has 0 aliphatic rings. The van der Waals surface area contributed by atoms with Gasteiger partial charge in [-0.15, -0.1) is 4.90 Å². The fourth-order valence-corrected chi connectivity index (χ4v) is 10.8. The maximum Gasteiger partial charge on any atom is 0.427 e. The molecule has 2 aromatic rings. The van der Waals surface area contributed by atoms with Gasteiger partial charge in [-0.05, 0) is 80.8 Å². The van der Waals surface area contributed by atoms with Crippen LogP contribution in [-0.4, -0.2) is 73.4 Å². The molecule has 2 heterocycles. The average Bonchev–Trinajstić information content (AvgIpc) is 3.16. The van der Waals surface area contributed by atoms with Crippen LogP contribution in [0.1, 0.15) is 48.0 Å². The van der Waals surface area contributed by atoms with E-state index in [1.165, 1.54) is 24.0 Å². The number of carbonyl (C=O) groups is 2. The van der Waals surface area contributed by atoms with E-state index in [0.717, 1.165) is 0 Å². The molecule has 2 amide bonds. The molecule has 0 saturated carbocycles. The molecule has 242 valence electrons. The van der Waals surface area contributed by atoms with Crippen LogP contribution >= 0.6 is 7.60 Å². The van der Waals surface area contributed by atoms with Crippen molar-refractivity contribution in [1.82, 2.24) is 19.7 Å². The van der Waals surface area contributed by atoms with Gasteiger partial charge >= 0.3 is 19.8 Å². The van der Waals surface area contributed by atoms with Crippen LogP contribution in [0.3, 0.4) is 0 Å². The van der Waals surface area contributed by atoms with Crippen LogP contribution in [0.25, 0.3) is 11.2 Å². The molecule has 0 saturated heterocycles. The number of fused-ring (bicyclic) bond motifs is 1. The summed E-state index contributed by atoms with van der Waals surface area (Å²) in [6.45, 7) is 21.8. The van der Waals surface area contributed by atoms with Crippen molar-refractivity contribution in [1.29, 1.82) is 0 Å². The van der Waals surface area contributed by atoms with E-state index < -0.39 is 47.6 Å². The van der Waals surface area contributed by atoms with E-state index in [-0.39, 0.29) is 29.6 Å². The number of hydrogen-bond acceptors (Lipinski definition) is 12. The van der Waals surface area contributed by atoms with Gasteiger partial charge in [0.05, 0.1) is 7.11 Å². The van der Waals surface area contributed by atoms with E-state index in [1.54, 1.807) is 47.6 Å². The van der Waals surface area contributed by atoms with Crippen molar-refractivity contribution >= 4 is 53.5 Å². The Morgan fingerprint density at radius 2 is 1.44 bits per heavy atom. The molecule has 0 spiro atoms. The number of anilines is 1. The molecule has 14 nitrogen and oxygen atoms in total. The summed E-state index contributed by atoms with van der Waals surface area (Å²) in [5.74, 6) is 1.13. The maximum absolute atomic E-state index is 13.4. The van der Waals surface area contributed by atoms with Gasteiger partial charge in [-0.25, -0.2) is 14.6 Å². The second kappa shape index (κ2) is 13.5. The SMILES string of the molecule is COc1nc(N(C(=O)OC(C)(C)C)C(=O)OC(C)(C)C)nc2c1ncn2OCC/C=C\P(=O)(O[Si](C)(C)C)O[Si](C)(C)C. The molecule has 0 atom stereocenters. The average molecular weight is 660 g/mol. The molecule has 0 aliphatic heterocycles. The first kappa shape index (κ1) is 36.4. The second-order valence-corrected chi connectivity index (χ2v) is 24.8. The zero-order valence-electron chi connectivity index (χ0n) is 27.5. The summed E-state index contributed by atoms with van der Waals surface area (Å²) in [6, 6.07) is 0. The highest BCUT2D eigenvalue weighted by atomic mass is 31.2. The highest BCUT2D eigenvalue weighted by molar-refractivity contribution is 7.60. The molecule has 43 heavy (non-hydrogen) atoms. The number of ether oxygens (including phenoxy) is 3. The van der Waals surface area contributed by atoms with Crippen LogP contribution in [-0.2, 0) is 22.5 Å². The molecule has 0 N–H and O–H groups in total. The van der Waals surface area contributed by atoms with Crippen molar-refractivity contribution in [2.45, 2.75) is 98.4 Å². The summed E-state index contributed by atoms with van der Waals surface area (Å²) < 4.78 is 42.8. The Kier molecular flexibility index (Phi) is 11.4. The minimum absolute atomic E-state index is 0.00714. The Labute approximate surface area is 255 Å². The van der Waals surface area contributed by atoms with Gasteiger partial charge in [-0.3, -0.25) is 4.57 Å². The van der Waals surface area contributed by atoms with Crippen molar-refractivity contribution in [3.05, 3.63) is 18.2 Å². The Hall–Kier alpha value is -2.79. The molecule has 0 aromatic carbocycles. The number of imidazole rings is 1.